The van der Waals surface area contributed by atoms with Crippen LogP contribution in [0.2, 0.25) is 0 Å². The van der Waals surface area contributed by atoms with Gasteiger partial charge in [-0.25, -0.2) is 4.68 Å². The van der Waals surface area contributed by atoms with Crippen molar-refractivity contribution in [1.29, 1.82) is 0 Å². The van der Waals surface area contributed by atoms with E-state index in [4.69, 9.17) is 4.74 Å². The predicted octanol–water partition coefficient (Wildman–Crippen LogP) is 5.28. The van der Waals surface area contributed by atoms with E-state index in [1.807, 2.05) is 36.4 Å². The van der Waals surface area contributed by atoms with Gasteiger partial charge in [-0.15, -0.1) is 8.78 Å². The zero-order valence-corrected chi connectivity index (χ0v) is 16.4. The van der Waals surface area contributed by atoms with Crippen LogP contribution in [0.3, 0.4) is 0 Å². The van der Waals surface area contributed by atoms with Crippen LogP contribution in [0.1, 0.15) is 30.0 Å². The van der Waals surface area contributed by atoms with Crippen LogP contribution in [0.25, 0.3) is 11.3 Å². The number of hydrogen-bond acceptors (Lipinski definition) is 4. The van der Waals surface area contributed by atoms with Crippen LogP contribution < -0.4 is 9.47 Å². The van der Waals surface area contributed by atoms with Crippen molar-refractivity contribution in [2.45, 2.75) is 25.1 Å². The molecule has 0 spiro atoms. The normalized spacial score (nSPS) is 19.6. The van der Waals surface area contributed by atoms with Crippen molar-refractivity contribution in [2.24, 2.45) is 0 Å². The molecule has 7 heteroatoms. The van der Waals surface area contributed by atoms with Gasteiger partial charge < -0.3 is 9.47 Å². The predicted molar refractivity (Wildman–Crippen MR) is 110 cm³/mol. The first kappa shape index (κ1) is 19.2. The largest absolute Gasteiger partial charge is 0.586 e. The summed E-state index contributed by atoms with van der Waals surface area (Å²) in [7, 11) is 0. The number of carbonyl (C=O) groups excluding carboxylic acids is 1. The van der Waals surface area contributed by atoms with Gasteiger partial charge in [0.1, 0.15) is 0 Å². The number of rotatable bonds is 3. The lowest BCUT2D eigenvalue weighted by Gasteiger charge is -2.17. The van der Waals surface area contributed by atoms with Gasteiger partial charge in [0.25, 0.3) is 0 Å². The highest BCUT2D eigenvalue weighted by atomic mass is 19.3. The second-order valence-electron chi connectivity index (χ2n) is 7.33. The Labute approximate surface area is 177 Å². The monoisotopic (exact) mass is 420 g/mol. The van der Waals surface area contributed by atoms with Crippen molar-refractivity contribution in [3.8, 4) is 17.2 Å². The van der Waals surface area contributed by atoms with Crippen LogP contribution >= 0.6 is 0 Å². The number of benzene rings is 2. The zero-order valence-electron chi connectivity index (χ0n) is 16.4. The van der Waals surface area contributed by atoms with Gasteiger partial charge in [-0.2, -0.15) is 5.10 Å². The summed E-state index contributed by atoms with van der Waals surface area (Å²) in [5.41, 5.74) is 2.69. The first-order valence-corrected chi connectivity index (χ1v) is 9.93. The number of fused-ring (bicyclic) bond motifs is 1. The quantitative estimate of drug-likeness (QED) is 0.579. The van der Waals surface area contributed by atoms with Crippen molar-refractivity contribution in [1.82, 2.24) is 9.78 Å². The second-order valence-corrected chi connectivity index (χ2v) is 7.33. The number of nitrogens with zero attached hydrogens (tertiary/aromatic N) is 2. The lowest BCUT2D eigenvalue weighted by molar-refractivity contribution is -0.287. The minimum atomic E-state index is -3.68. The maximum absolute atomic E-state index is 13.5. The summed E-state index contributed by atoms with van der Waals surface area (Å²) in [6.07, 6.45) is 4.30. The summed E-state index contributed by atoms with van der Waals surface area (Å²) in [4.78, 5) is 13.0. The molecule has 0 amide bonds. The average molecular weight is 420 g/mol. The first-order chi connectivity index (χ1) is 15.0. The second kappa shape index (κ2) is 7.50. The Morgan fingerprint density at radius 1 is 1.03 bits per heavy atom. The Hall–Kier alpha value is -3.74. The molecule has 5 nitrogen and oxygen atoms in total. The Kier molecular flexibility index (Phi) is 4.66. The summed E-state index contributed by atoms with van der Waals surface area (Å²) in [6.45, 7) is 0. The first-order valence-electron chi connectivity index (χ1n) is 9.93. The van der Waals surface area contributed by atoms with Crippen LogP contribution in [0.15, 0.2) is 79.0 Å². The summed E-state index contributed by atoms with van der Waals surface area (Å²) in [6, 6.07) is 16.2. The summed E-state index contributed by atoms with van der Waals surface area (Å²) in [5, 5.41) is 4.36. The number of ketones is 1. The Balaban J connectivity index is 1.43. The molecule has 0 fully saturated rings. The van der Waals surface area contributed by atoms with E-state index in [1.54, 1.807) is 35.2 Å². The van der Waals surface area contributed by atoms with Gasteiger partial charge in [-0.05, 0) is 43.2 Å². The number of para-hydroxylation sites is 2. The van der Waals surface area contributed by atoms with Crippen LogP contribution in [0.5, 0.6) is 11.5 Å². The minimum absolute atomic E-state index is 0.00674. The van der Waals surface area contributed by atoms with E-state index in [1.165, 1.54) is 12.1 Å². The van der Waals surface area contributed by atoms with E-state index < -0.39 is 6.29 Å². The van der Waals surface area contributed by atoms with Gasteiger partial charge in [-0.3, -0.25) is 4.79 Å². The van der Waals surface area contributed by atoms with Gasteiger partial charge in [-0.1, -0.05) is 42.5 Å². The molecule has 156 valence electrons. The molecule has 2 aliphatic rings. The zero-order chi connectivity index (χ0) is 21.4. The molecule has 1 atom stereocenters. The molecule has 3 aromatic rings. The topological polar surface area (TPSA) is 53.4 Å². The number of aromatic nitrogens is 2. The molecule has 0 bridgehead atoms. The lowest BCUT2D eigenvalue weighted by Crippen LogP contribution is -2.26. The number of ether oxygens (including phenoxy) is 2. The fraction of sp³-hybridized carbons (Fsp3) is 0.167. The van der Waals surface area contributed by atoms with Crippen molar-refractivity contribution < 1.29 is 23.0 Å². The van der Waals surface area contributed by atoms with Crippen molar-refractivity contribution in [3.63, 3.8) is 0 Å². The number of halogens is 2. The third kappa shape index (κ3) is 3.63. The molecular weight excluding hydrogens is 402 g/mol. The molecule has 0 saturated carbocycles. The molecule has 5 rings (SSSR count). The number of carbonyl (C=O) groups is 1. The SMILES string of the molecule is O=C1C=CC(c2cccc3c2OC(F)(F)O3)CCC=C1c1ccnn1-c1ccccc1. The highest BCUT2D eigenvalue weighted by Gasteiger charge is 2.45. The Morgan fingerprint density at radius 2 is 1.87 bits per heavy atom. The molecular formula is C24H18F2N2O3. The smallest absolute Gasteiger partial charge is 0.395 e. The molecule has 31 heavy (non-hydrogen) atoms. The molecule has 2 aromatic carbocycles. The van der Waals surface area contributed by atoms with Gasteiger partial charge in [0.15, 0.2) is 17.3 Å². The van der Waals surface area contributed by atoms with E-state index in [-0.39, 0.29) is 23.2 Å². The fourth-order valence-electron chi connectivity index (χ4n) is 3.95. The van der Waals surface area contributed by atoms with Crippen molar-refractivity contribution >= 4 is 11.4 Å². The molecule has 0 saturated heterocycles. The molecule has 1 aromatic heterocycles. The van der Waals surface area contributed by atoms with Crippen molar-refractivity contribution in [3.05, 3.63) is 90.3 Å². The van der Waals surface area contributed by atoms with E-state index >= 15 is 0 Å². The standard InChI is InChI=1S/C24H18F2N2O3/c25-24(26)30-22-11-5-9-18(23(22)31-24)16-6-4-10-19(21(29)13-12-16)20-14-15-27-28(20)17-7-2-1-3-8-17/h1-3,5,7-16H,4,6H2. The number of alkyl halides is 2. The highest BCUT2D eigenvalue weighted by Crippen LogP contribution is 2.46. The third-order valence-corrected chi connectivity index (χ3v) is 5.35. The highest BCUT2D eigenvalue weighted by molar-refractivity contribution is 6.25. The molecule has 2 heterocycles. The number of allylic oxidation sites excluding steroid dienone is 4. The maximum atomic E-state index is 13.5. The van der Waals surface area contributed by atoms with Gasteiger partial charge in [0, 0.05) is 17.1 Å². The summed E-state index contributed by atoms with van der Waals surface area (Å²) >= 11 is 0. The van der Waals surface area contributed by atoms with Gasteiger partial charge in [0.2, 0.25) is 0 Å². The third-order valence-electron chi connectivity index (χ3n) is 5.35. The van der Waals surface area contributed by atoms with Crippen LogP contribution in [-0.4, -0.2) is 21.9 Å². The van der Waals surface area contributed by atoms with Crippen LogP contribution in [0.4, 0.5) is 8.78 Å². The van der Waals surface area contributed by atoms with Crippen LogP contribution in [-0.2, 0) is 4.79 Å². The maximum Gasteiger partial charge on any atom is 0.586 e. The van der Waals surface area contributed by atoms with Gasteiger partial charge in [0.05, 0.1) is 17.6 Å². The molecule has 1 aliphatic heterocycles. The molecule has 1 unspecified atom stereocenters. The number of hydrogen-bond donors (Lipinski definition) is 0. The molecule has 1 aliphatic carbocycles. The Bertz CT molecular complexity index is 1200. The fourth-order valence-corrected chi connectivity index (χ4v) is 3.95. The summed E-state index contributed by atoms with van der Waals surface area (Å²) < 4.78 is 38.1. The minimum Gasteiger partial charge on any atom is -0.395 e. The van der Waals surface area contributed by atoms with Crippen molar-refractivity contribution in [2.75, 3.05) is 0 Å². The molecule has 0 N–H and O–H groups in total. The average Bonchev–Trinajstić information content (AvgIpc) is 3.35. The van der Waals surface area contributed by atoms with E-state index in [9.17, 15) is 13.6 Å². The summed E-state index contributed by atoms with van der Waals surface area (Å²) in [5.74, 6) is -0.389. The van der Waals surface area contributed by atoms with E-state index in [2.05, 4.69) is 9.84 Å². The Morgan fingerprint density at radius 3 is 2.71 bits per heavy atom. The molecule has 0 radical (unpaired) electrons. The van der Waals surface area contributed by atoms with E-state index in [0.717, 1.165) is 5.69 Å². The lowest BCUT2D eigenvalue weighted by atomic mass is 9.89. The van der Waals surface area contributed by atoms with E-state index in [0.29, 0.717) is 29.7 Å². The van der Waals surface area contributed by atoms with Crippen LogP contribution in [0, 0.1) is 0 Å². The van der Waals surface area contributed by atoms with Gasteiger partial charge >= 0.3 is 6.29 Å².